The number of methoxy groups -OCH3 is 1. The number of hydrogen-bond donors (Lipinski definition) is 0. The number of benzene rings is 4. The molecule has 0 aliphatic carbocycles. The molecule has 0 radical (unpaired) electrons. The van der Waals surface area contributed by atoms with Crippen molar-refractivity contribution in [3.05, 3.63) is 132 Å². The molecule has 0 saturated heterocycles. The molecule has 0 aromatic heterocycles. The summed E-state index contributed by atoms with van der Waals surface area (Å²) in [6, 6.07) is 39.2. The van der Waals surface area contributed by atoms with E-state index in [1.807, 2.05) is 36.4 Å². The van der Waals surface area contributed by atoms with E-state index in [1.54, 1.807) is 37.9 Å². The average Bonchev–Trinajstić information content (AvgIpc) is 3.06. The van der Waals surface area contributed by atoms with Gasteiger partial charge in [0.1, 0.15) is 0 Å². The third-order valence-corrected chi connectivity index (χ3v) is 15.6. The summed E-state index contributed by atoms with van der Waals surface area (Å²) in [7, 11) is 2.37. The third kappa shape index (κ3) is 8.80. The quantitative estimate of drug-likeness (QED) is 0.102. The second kappa shape index (κ2) is 16.6. The van der Waals surface area contributed by atoms with Gasteiger partial charge in [-0.05, 0) is 32.1 Å². The van der Waals surface area contributed by atoms with E-state index in [2.05, 4.69) is 99.6 Å². The minimum absolute atomic E-state index is 0.0640. The maximum Gasteiger partial charge on any atom is 0.261 e. The van der Waals surface area contributed by atoms with Crippen molar-refractivity contribution in [3.63, 3.8) is 0 Å². The molecule has 0 N–H and O–H groups in total. The molecule has 0 heterocycles. The Morgan fingerprint density at radius 2 is 1.33 bits per heavy atom. The van der Waals surface area contributed by atoms with Crippen LogP contribution in [0.3, 0.4) is 0 Å². The van der Waals surface area contributed by atoms with Crippen molar-refractivity contribution < 1.29 is 18.8 Å². The fourth-order valence-electron chi connectivity index (χ4n) is 5.62. The van der Waals surface area contributed by atoms with Crippen molar-refractivity contribution in [1.82, 2.24) is 4.90 Å². The van der Waals surface area contributed by atoms with Gasteiger partial charge in [0.25, 0.3) is 8.32 Å². The summed E-state index contributed by atoms with van der Waals surface area (Å²) in [5, 5.41) is 2.26. The van der Waals surface area contributed by atoms with Crippen LogP contribution in [0.2, 0.25) is 5.04 Å². The lowest BCUT2D eigenvalue weighted by Gasteiger charge is -2.43. The maximum absolute atomic E-state index is 13.7. The molecular weight excluding hydrogens is 627 g/mol. The molecule has 46 heavy (non-hydrogen) atoms. The van der Waals surface area contributed by atoms with Gasteiger partial charge in [0.2, 0.25) is 11.0 Å². The Balaban J connectivity index is 1.64. The lowest BCUT2D eigenvalue weighted by molar-refractivity contribution is -0.128. The topological polar surface area (TPSA) is 55.8 Å². The molecule has 8 heteroatoms. The Kier molecular flexibility index (Phi) is 12.9. The Bertz CT molecular complexity index is 1510. The molecule has 0 spiro atoms. The number of rotatable bonds is 14. The number of ether oxygens (including phenoxy) is 1. The lowest BCUT2D eigenvalue weighted by atomic mass is 10.1. The Morgan fingerprint density at radius 1 is 0.783 bits per heavy atom. The molecule has 4 aromatic rings. The first kappa shape index (κ1) is 35.7. The van der Waals surface area contributed by atoms with Gasteiger partial charge < -0.3 is 14.1 Å². The van der Waals surface area contributed by atoms with Crippen molar-refractivity contribution in [2.75, 3.05) is 27.0 Å². The van der Waals surface area contributed by atoms with E-state index < -0.39 is 14.4 Å². The highest BCUT2D eigenvalue weighted by atomic mass is 32.2. The molecule has 0 saturated carbocycles. The van der Waals surface area contributed by atoms with Crippen molar-refractivity contribution in [2.45, 2.75) is 49.5 Å². The van der Waals surface area contributed by atoms with E-state index in [0.29, 0.717) is 18.8 Å². The van der Waals surface area contributed by atoms with Crippen LogP contribution in [0.25, 0.3) is 0 Å². The van der Waals surface area contributed by atoms with Crippen LogP contribution in [0.4, 0.5) is 0 Å². The molecule has 242 valence electrons. The first-order valence-corrected chi connectivity index (χ1v) is 19.3. The van der Waals surface area contributed by atoms with Gasteiger partial charge >= 0.3 is 0 Å². The molecule has 4 rings (SSSR count). The summed E-state index contributed by atoms with van der Waals surface area (Å²) in [6.07, 6.45) is -0.286. The van der Waals surface area contributed by atoms with Crippen LogP contribution in [0.15, 0.2) is 115 Å². The predicted molar refractivity (Wildman–Crippen MR) is 196 cm³/mol. The van der Waals surface area contributed by atoms with Crippen LogP contribution in [0.5, 0.6) is 0 Å². The number of nitrogens with zero attached hydrogens (tertiary/aromatic N) is 1. The fraction of sp³-hybridized carbons (Fsp3) is 0.316. The number of carbonyl (C=O) groups excluding carboxylic acids is 2. The van der Waals surface area contributed by atoms with Crippen LogP contribution in [-0.4, -0.2) is 51.2 Å². The van der Waals surface area contributed by atoms with E-state index in [-0.39, 0.29) is 20.6 Å². The van der Waals surface area contributed by atoms with Gasteiger partial charge in [-0.2, -0.15) is 0 Å². The number of carbonyl (C=O) groups is 2. The summed E-state index contributed by atoms with van der Waals surface area (Å²) in [5.74, 6) is 0.655. The third-order valence-electron chi connectivity index (χ3n) is 7.95. The van der Waals surface area contributed by atoms with Crippen LogP contribution >= 0.6 is 23.5 Å². The van der Waals surface area contributed by atoms with Crippen molar-refractivity contribution in [1.29, 1.82) is 0 Å². The van der Waals surface area contributed by atoms with E-state index in [9.17, 15) is 9.59 Å². The summed E-state index contributed by atoms with van der Waals surface area (Å²) in [5.41, 5.74) is 2.87. The summed E-state index contributed by atoms with van der Waals surface area (Å²) < 4.78 is 12.7. The highest BCUT2D eigenvalue weighted by Gasteiger charge is 2.50. The molecule has 4 aromatic carbocycles. The second-order valence-corrected chi connectivity index (χ2v) is 19.3. The predicted octanol–water partition coefficient (Wildman–Crippen LogP) is 7.62. The van der Waals surface area contributed by atoms with Gasteiger partial charge in [-0.3, -0.25) is 9.59 Å². The largest absolute Gasteiger partial charge is 0.403 e. The number of hydrogen-bond acceptors (Lipinski definition) is 6. The van der Waals surface area contributed by atoms with Gasteiger partial charge in [-0.25, -0.2) is 0 Å². The molecule has 1 amide bonds. The first-order valence-electron chi connectivity index (χ1n) is 15.5. The molecular formula is C38H45NO4S2Si. The molecule has 0 bridgehead atoms. The van der Waals surface area contributed by atoms with Crippen LogP contribution in [-0.2, 0) is 25.4 Å². The van der Waals surface area contributed by atoms with Gasteiger partial charge in [-0.15, -0.1) is 11.8 Å². The van der Waals surface area contributed by atoms with Crippen LogP contribution in [0.1, 0.15) is 54.6 Å². The molecule has 0 aliphatic heterocycles. The standard InChI is InChI=1S/C38H45NO4S2Si/c1-38(2,3)46(32-21-12-8-13-22-32,33-23-14-9-15-24-33)43-28-29-17-16-20-31(27-29)37(44-26-25-34(40)39(4)5)45-36(41)35(42-6)30-18-10-7-11-19-30/h7-24,27,35,37H,25-26,28H2,1-6H3/t35-,37+/m1/s1. The molecule has 0 unspecified atom stereocenters. The molecule has 5 nitrogen and oxygen atoms in total. The Morgan fingerprint density at radius 3 is 1.85 bits per heavy atom. The van der Waals surface area contributed by atoms with E-state index in [1.165, 1.54) is 22.1 Å². The number of thioether (sulfide) groups is 2. The lowest BCUT2D eigenvalue weighted by Crippen LogP contribution is -2.66. The van der Waals surface area contributed by atoms with Gasteiger partial charge in [-0.1, -0.05) is 148 Å². The maximum atomic E-state index is 13.7. The molecule has 0 fully saturated rings. The van der Waals surface area contributed by atoms with E-state index in [0.717, 1.165) is 16.7 Å². The minimum atomic E-state index is -2.73. The van der Waals surface area contributed by atoms with Crippen LogP contribution in [0, 0.1) is 0 Å². The zero-order chi connectivity index (χ0) is 33.2. The van der Waals surface area contributed by atoms with Crippen molar-refractivity contribution in [3.8, 4) is 0 Å². The second-order valence-electron chi connectivity index (χ2n) is 12.4. The fourth-order valence-corrected chi connectivity index (χ4v) is 12.7. The summed E-state index contributed by atoms with van der Waals surface area (Å²) >= 11 is 2.87. The zero-order valence-electron chi connectivity index (χ0n) is 27.6. The highest BCUT2D eigenvalue weighted by molar-refractivity contribution is 8.24. The van der Waals surface area contributed by atoms with Crippen molar-refractivity contribution >= 4 is 53.2 Å². The Labute approximate surface area is 284 Å². The van der Waals surface area contributed by atoms with Crippen LogP contribution < -0.4 is 10.4 Å². The van der Waals surface area contributed by atoms with E-state index in [4.69, 9.17) is 9.16 Å². The number of amides is 1. The van der Waals surface area contributed by atoms with Gasteiger partial charge in [0.05, 0.1) is 11.2 Å². The highest BCUT2D eigenvalue weighted by Crippen LogP contribution is 2.43. The monoisotopic (exact) mass is 671 g/mol. The first-order chi connectivity index (χ1) is 22.1. The minimum Gasteiger partial charge on any atom is -0.403 e. The average molecular weight is 672 g/mol. The normalized spacial score (nSPS) is 13.2. The van der Waals surface area contributed by atoms with Gasteiger partial charge in [0, 0.05) is 33.4 Å². The zero-order valence-corrected chi connectivity index (χ0v) is 30.3. The van der Waals surface area contributed by atoms with Gasteiger partial charge in [0.15, 0.2) is 6.10 Å². The summed E-state index contributed by atoms with van der Waals surface area (Å²) in [4.78, 5) is 27.6. The Hall–Kier alpha value is -3.14. The molecule has 2 atom stereocenters. The van der Waals surface area contributed by atoms with E-state index >= 15 is 0 Å². The summed E-state index contributed by atoms with van der Waals surface area (Å²) in [6.45, 7) is 7.26. The molecule has 0 aliphatic rings. The SMILES string of the molecule is CO[C@@H](C(=O)S[C@H](SCCC(=O)N(C)C)c1cccc(CO[Si](c2ccccc2)(c2ccccc2)C(C)(C)C)c1)c1ccccc1. The van der Waals surface area contributed by atoms with Crippen molar-refractivity contribution in [2.24, 2.45) is 0 Å². The smallest absolute Gasteiger partial charge is 0.261 e.